The quantitative estimate of drug-likeness (QED) is 0.626. The molecule has 0 bridgehead atoms. The zero-order valence-corrected chi connectivity index (χ0v) is 10.5. The van der Waals surface area contributed by atoms with E-state index in [2.05, 4.69) is 0 Å². The molecule has 0 unspecified atom stereocenters. The number of rotatable bonds is 5. The Hall–Kier alpha value is -1.66. The molecule has 0 spiro atoms. The summed E-state index contributed by atoms with van der Waals surface area (Å²) in [6.45, 7) is -0.187. The minimum atomic E-state index is -0.811. The van der Waals surface area contributed by atoms with Gasteiger partial charge in [0.05, 0.1) is 17.1 Å². The zero-order chi connectivity index (χ0) is 13.9. The third kappa shape index (κ3) is 3.21. The summed E-state index contributed by atoms with van der Waals surface area (Å²) < 4.78 is 5.52. The van der Waals surface area contributed by atoms with Crippen LogP contribution in [0.2, 0.25) is 0 Å². The Morgan fingerprint density at radius 2 is 2.05 bits per heavy atom. The summed E-state index contributed by atoms with van der Waals surface area (Å²) in [5, 5.41) is 30.0. The Balaban J connectivity index is 2.09. The van der Waals surface area contributed by atoms with E-state index in [1.807, 2.05) is 0 Å². The molecule has 0 saturated heterocycles. The fourth-order valence-corrected chi connectivity index (χ4v) is 2.33. The largest absolute Gasteiger partial charge is 0.490 e. The number of nitro benzene ring substituents is 1. The Morgan fingerprint density at radius 1 is 1.37 bits per heavy atom. The molecular formula is C13H17NO5. The van der Waals surface area contributed by atoms with Gasteiger partial charge < -0.3 is 14.9 Å². The second kappa shape index (κ2) is 5.54. The van der Waals surface area contributed by atoms with Gasteiger partial charge in [0.1, 0.15) is 12.4 Å². The molecule has 6 heteroatoms. The van der Waals surface area contributed by atoms with Gasteiger partial charge in [-0.15, -0.1) is 0 Å². The van der Waals surface area contributed by atoms with Crippen LogP contribution < -0.4 is 4.74 Å². The average Bonchev–Trinajstić information content (AvgIpc) is 2.83. The normalized spacial score (nSPS) is 17.4. The van der Waals surface area contributed by atoms with Crippen LogP contribution in [0.25, 0.3) is 0 Å². The van der Waals surface area contributed by atoms with Crippen LogP contribution in [0.15, 0.2) is 18.2 Å². The SMILES string of the molecule is O=[N+]([O-])c1ccc(OCC2(O)CCCC2)c(CO)c1. The van der Waals surface area contributed by atoms with Gasteiger partial charge in [0.25, 0.3) is 5.69 Å². The molecule has 2 rings (SSSR count). The van der Waals surface area contributed by atoms with Gasteiger partial charge in [0.15, 0.2) is 0 Å². The number of hydrogen-bond acceptors (Lipinski definition) is 5. The second-order valence-electron chi connectivity index (χ2n) is 4.93. The fraction of sp³-hybridized carbons (Fsp3) is 0.538. The standard InChI is InChI=1S/C13H17NO5/c15-8-10-7-11(14(17)18)3-4-12(10)19-9-13(16)5-1-2-6-13/h3-4,7,15-16H,1-2,5-6,8-9H2. The number of nitro groups is 1. The zero-order valence-electron chi connectivity index (χ0n) is 10.5. The summed E-state index contributed by atoms with van der Waals surface area (Å²) in [5.74, 6) is 0.383. The van der Waals surface area contributed by atoms with Gasteiger partial charge >= 0.3 is 0 Å². The third-order valence-electron chi connectivity index (χ3n) is 3.46. The van der Waals surface area contributed by atoms with Crippen molar-refractivity contribution in [3.8, 4) is 5.75 Å². The van der Waals surface area contributed by atoms with Crippen LogP contribution in [-0.2, 0) is 6.61 Å². The van der Waals surface area contributed by atoms with Crippen molar-refractivity contribution in [1.82, 2.24) is 0 Å². The number of benzene rings is 1. The van der Waals surface area contributed by atoms with Crippen LogP contribution in [-0.4, -0.2) is 27.3 Å². The van der Waals surface area contributed by atoms with Crippen molar-refractivity contribution in [3.05, 3.63) is 33.9 Å². The van der Waals surface area contributed by atoms with Crippen molar-refractivity contribution >= 4 is 5.69 Å². The molecule has 1 saturated carbocycles. The summed E-state index contributed by atoms with van der Waals surface area (Å²) in [6.07, 6.45) is 3.36. The third-order valence-corrected chi connectivity index (χ3v) is 3.46. The highest BCUT2D eigenvalue weighted by atomic mass is 16.6. The summed E-state index contributed by atoms with van der Waals surface area (Å²) in [5.41, 5.74) is -0.541. The van der Waals surface area contributed by atoms with Crippen molar-refractivity contribution in [2.75, 3.05) is 6.61 Å². The van der Waals surface area contributed by atoms with Crippen LogP contribution in [0.1, 0.15) is 31.2 Å². The van der Waals surface area contributed by atoms with Crippen molar-refractivity contribution < 1.29 is 19.9 Å². The lowest BCUT2D eigenvalue weighted by Crippen LogP contribution is -2.32. The van der Waals surface area contributed by atoms with Gasteiger partial charge in [-0.05, 0) is 18.9 Å². The lowest BCUT2D eigenvalue weighted by atomic mass is 10.0. The number of non-ortho nitro benzene ring substituents is 1. The molecule has 0 amide bonds. The molecule has 6 nitrogen and oxygen atoms in total. The molecule has 2 N–H and O–H groups in total. The number of nitrogens with zero attached hydrogens (tertiary/aromatic N) is 1. The Labute approximate surface area is 110 Å². The first kappa shape index (κ1) is 13.8. The van der Waals surface area contributed by atoms with Crippen LogP contribution >= 0.6 is 0 Å². The number of hydrogen-bond donors (Lipinski definition) is 2. The summed E-state index contributed by atoms with van der Waals surface area (Å²) in [4.78, 5) is 10.1. The van der Waals surface area contributed by atoms with E-state index in [4.69, 9.17) is 4.74 Å². The van der Waals surface area contributed by atoms with E-state index in [9.17, 15) is 20.3 Å². The van der Waals surface area contributed by atoms with E-state index in [0.717, 1.165) is 12.8 Å². The van der Waals surface area contributed by atoms with Crippen molar-refractivity contribution in [2.45, 2.75) is 37.9 Å². The summed E-state index contributed by atoms with van der Waals surface area (Å²) >= 11 is 0. The monoisotopic (exact) mass is 267 g/mol. The first-order valence-electron chi connectivity index (χ1n) is 6.27. The lowest BCUT2D eigenvalue weighted by molar-refractivity contribution is -0.385. The summed E-state index contributed by atoms with van der Waals surface area (Å²) in [7, 11) is 0. The predicted molar refractivity (Wildman–Crippen MR) is 67.9 cm³/mol. The van der Waals surface area contributed by atoms with Crippen LogP contribution in [0.5, 0.6) is 5.75 Å². The molecule has 19 heavy (non-hydrogen) atoms. The molecule has 1 aliphatic rings. The molecule has 1 fully saturated rings. The van der Waals surface area contributed by atoms with E-state index in [-0.39, 0.29) is 18.9 Å². The number of aliphatic hydroxyl groups is 2. The first-order valence-corrected chi connectivity index (χ1v) is 6.27. The van der Waals surface area contributed by atoms with Gasteiger partial charge in [0, 0.05) is 17.7 Å². The predicted octanol–water partition coefficient (Wildman–Crippen LogP) is 1.77. The topological polar surface area (TPSA) is 92.8 Å². The maximum absolute atomic E-state index is 10.6. The van der Waals surface area contributed by atoms with Gasteiger partial charge in [-0.1, -0.05) is 12.8 Å². The van der Waals surface area contributed by atoms with E-state index in [1.54, 1.807) is 0 Å². The lowest BCUT2D eigenvalue weighted by Gasteiger charge is -2.22. The maximum atomic E-state index is 10.6. The van der Waals surface area contributed by atoms with Gasteiger partial charge in [0.2, 0.25) is 0 Å². The Bertz CT molecular complexity index is 468. The van der Waals surface area contributed by atoms with E-state index in [1.165, 1.54) is 18.2 Å². The molecule has 1 aromatic rings. The van der Waals surface area contributed by atoms with Gasteiger partial charge in [-0.2, -0.15) is 0 Å². The average molecular weight is 267 g/mol. The van der Waals surface area contributed by atoms with Crippen molar-refractivity contribution in [1.29, 1.82) is 0 Å². The minimum Gasteiger partial charge on any atom is -0.490 e. The highest BCUT2D eigenvalue weighted by Gasteiger charge is 2.32. The molecular weight excluding hydrogens is 250 g/mol. The molecule has 1 aromatic carbocycles. The van der Waals surface area contributed by atoms with Crippen LogP contribution in [0, 0.1) is 10.1 Å². The second-order valence-corrected chi connectivity index (χ2v) is 4.93. The van der Waals surface area contributed by atoms with E-state index in [0.29, 0.717) is 24.2 Å². The fourth-order valence-electron chi connectivity index (χ4n) is 2.33. The van der Waals surface area contributed by atoms with E-state index < -0.39 is 10.5 Å². The highest BCUT2D eigenvalue weighted by Crippen LogP contribution is 2.31. The molecule has 0 radical (unpaired) electrons. The number of aliphatic hydroxyl groups excluding tert-OH is 1. The number of ether oxygens (including phenoxy) is 1. The molecule has 0 aromatic heterocycles. The first-order chi connectivity index (χ1) is 9.04. The molecule has 104 valence electrons. The molecule has 0 atom stereocenters. The Morgan fingerprint density at radius 3 is 2.63 bits per heavy atom. The highest BCUT2D eigenvalue weighted by molar-refractivity contribution is 5.43. The van der Waals surface area contributed by atoms with Crippen molar-refractivity contribution in [3.63, 3.8) is 0 Å². The van der Waals surface area contributed by atoms with Gasteiger partial charge in [-0.3, -0.25) is 10.1 Å². The van der Waals surface area contributed by atoms with Crippen molar-refractivity contribution in [2.24, 2.45) is 0 Å². The van der Waals surface area contributed by atoms with Crippen LogP contribution in [0.4, 0.5) is 5.69 Å². The summed E-state index contributed by atoms with van der Waals surface area (Å²) in [6, 6.07) is 4.07. The molecule has 0 aliphatic heterocycles. The maximum Gasteiger partial charge on any atom is 0.270 e. The molecule has 0 heterocycles. The Kier molecular flexibility index (Phi) is 4.01. The van der Waals surface area contributed by atoms with Crippen LogP contribution in [0.3, 0.4) is 0 Å². The van der Waals surface area contributed by atoms with Gasteiger partial charge in [-0.25, -0.2) is 0 Å². The van der Waals surface area contributed by atoms with E-state index >= 15 is 0 Å². The smallest absolute Gasteiger partial charge is 0.270 e. The molecule has 1 aliphatic carbocycles. The minimum absolute atomic E-state index is 0.0871.